The van der Waals surface area contributed by atoms with Gasteiger partial charge in [0.05, 0.1) is 6.04 Å². The number of nitrogens with one attached hydrogen (secondary N) is 1. The Morgan fingerprint density at radius 3 is 2.11 bits per heavy atom. The highest BCUT2D eigenvalue weighted by atomic mass is 15.3. The molecule has 1 saturated heterocycles. The monoisotopic (exact) mass is 373 g/mol. The quantitative estimate of drug-likeness (QED) is 0.723. The predicted octanol–water partition coefficient (Wildman–Crippen LogP) is 4.28. The van der Waals surface area contributed by atoms with Crippen LogP contribution in [0.5, 0.6) is 0 Å². The van der Waals surface area contributed by atoms with Gasteiger partial charge in [-0.2, -0.15) is 4.98 Å². The Labute approximate surface area is 167 Å². The molecular formula is C23H27N5. The molecule has 1 aliphatic heterocycles. The number of hydrogen-bond acceptors (Lipinski definition) is 5. The van der Waals surface area contributed by atoms with E-state index in [1.807, 2.05) is 13.0 Å². The van der Waals surface area contributed by atoms with Gasteiger partial charge in [0.1, 0.15) is 5.82 Å². The van der Waals surface area contributed by atoms with Gasteiger partial charge in [-0.15, -0.1) is 0 Å². The molecule has 144 valence electrons. The van der Waals surface area contributed by atoms with E-state index in [-0.39, 0.29) is 6.04 Å². The van der Waals surface area contributed by atoms with Crippen LogP contribution < -0.4 is 15.1 Å². The van der Waals surface area contributed by atoms with E-state index >= 15 is 0 Å². The van der Waals surface area contributed by atoms with Crippen LogP contribution in [0.15, 0.2) is 66.7 Å². The molecule has 0 radical (unpaired) electrons. The molecule has 2 heterocycles. The van der Waals surface area contributed by atoms with Crippen LogP contribution in [0, 0.1) is 6.92 Å². The van der Waals surface area contributed by atoms with Crippen molar-refractivity contribution in [2.24, 2.45) is 0 Å². The van der Waals surface area contributed by atoms with Crippen LogP contribution in [0.2, 0.25) is 0 Å². The van der Waals surface area contributed by atoms with Crippen LogP contribution in [0.25, 0.3) is 0 Å². The van der Waals surface area contributed by atoms with Crippen molar-refractivity contribution in [1.29, 1.82) is 0 Å². The van der Waals surface area contributed by atoms with Gasteiger partial charge in [0, 0.05) is 43.6 Å². The molecule has 1 aliphatic rings. The zero-order valence-corrected chi connectivity index (χ0v) is 16.5. The van der Waals surface area contributed by atoms with Gasteiger partial charge in [0.25, 0.3) is 0 Å². The second kappa shape index (κ2) is 8.30. The number of hydrogen-bond donors (Lipinski definition) is 1. The average molecular weight is 374 g/mol. The van der Waals surface area contributed by atoms with Crippen molar-refractivity contribution in [1.82, 2.24) is 9.97 Å². The van der Waals surface area contributed by atoms with Crippen LogP contribution in [0.1, 0.15) is 24.2 Å². The molecule has 0 saturated carbocycles. The summed E-state index contributed by atoms with van der Waals surface area (Å²) in [5.74, 6) is 1.69. The van der Waals surface area contributed by atoms with E-state index in [2.05, 4.69) is 87.7 Å². The Hall–Kier alpha value is -3.08. The molecule has 1 aromatic heterocycles. The van der Waals surface area contributed by atoms with Gasteiger partial charge in [-0.1, -0.05) is 48.5 Å². The zero-order valence-electron chi connectivity index (χ0n) is 16.5. The molecule has 28 heavy (non-hydrogen) atoms. The molecule has 5 nitrogen and oxygen atoms in total. The lowest BCUT2D eigenvalue weighted by Crippen LogP contribution is -2.46. The summed E-state index contributed by atoms with van der Waals surface area (Å²) in [4.78, 5) is 14.2. The molecule has 1 atom stereocenters. The molecule has 0 amide bonds. The summed E-state index contributed by atoms with van der Waals surface area (Å²) in [5, 5.41) is 3.45. The van der Waals surface area contributed by atoms with Crippen molar-refractivity contribution in [3.63, 3.8) is 0 Å². The van der Waals surface area contributed by atoms with E-state index in [4.69, 9.17) is 4.98 Å². The highest BCUT2D eigenvalue weighted by molar-refractivity contribution is 5.51. The minimum absolute atomic E-state index is 0.158. The highest BCUT2D eigenvalue weighted by Crippen LogP contribution is 2.22. The van der Waals surface area contributed by atoms with Crippen molar-refractivity contribution in [2.75, 3.05) is 41.3 Å². The molecule has 1 fully saturated rings. The SMILES string of the molecule is Cc1cc(N2CCN(c3ccccc3)CC2)nc(NC(C)c2ccccc2)n1. The van der Waals surface area contributed by atoms with E-state index in [1.165, 1.54) is 11.3 Å². The lowest BCUT2D eigenvalue weighted by Gasteiger charge is -2.36. The summed E-state index contributed by atoms with van der Waals surface area (Å²) in [6.07, 6.45) is 0. The zero-order chi connectivity index (χ0) is 19.3. The maximum Gasteiger partial charge on any atom is 0.225 e. The summed E-state index contributed by atoms with van der Waals surface area (Å²) >= 11 is 0. The summed E-state index contributed by atoms with van der Waals surface area (Å²) in [6.45, 7) is 8.08. The van der Waals surface area contributed by atoms with Crippen molar-refractivity contribution in [2.45, 2.75) is 19.9 Å². The third kappa shape index (κ3) is 4.25. The van der Waals surface area contributed by atoms with Crippen LogP contribution in [0.3, 0.4) is 0 Å². The molecule has 3 aromatic rings. The number of aromatic nitrogens is 2. The lowest BCUT2D eigenvalue weighted by atomic mass is 10.1. The molecule has 2 aromatic carbocycles. The van der Waals surface area contributed by atoms with Gasteiger partial charge in [-0.05, 0) is 31.5 Å². The highest BCUT2D eigenvalue weighted by Gasteiger charge is 2.19. The standard InChI is InChI=1S/C23H27N5/c1-18-17-22(26-23(24-18)25-19(2)20-9-5-3-6-10-20)28-15-13-27(14-16-28)21-11-7-4-8-12-21/h3-12,17,19H,13-16H2,1-2H3,(H,24,25,26). The van der Waals surface area contributed by atoms with Gasteiger partial charge in [0.15, 0.2) is 0 Å². The Morgan fingerprint density at radius 2 is 1.43 bits per heavy atom. The van der Waals surface area contributed by atoms with Crippen molar-refractivity contribution in [3.05, 3.63) is 78.0 Å². The van der Waals surface area contributed by atoms with Crippen LogP contribution in [0.4, 0.5) is 17.5 Å². The average Bonchev–Trinajstić information content (AvgIpc) is 2.75. The predicted molar refractivity (Wildman–Crippen MR) is 116 cm³/mol. The molecule has 0 spiro atoms. The summed E-state index contributed by atoms with van der Waals surface area (Å²) < 4.78 is 0. The fourth-order valence-electron chi connectivity index (χ4n) is 3.63. The largest absolute Gasteiger partial charge is 0.368 e. The topological polar surface area (TPSA) is 44.3 Å². The third-order valence-electron chi connectivity index (χ3n) is 5.21. The fourth-order valence-corrected chi connectivity index (χ4v) is 3.63. The van der Waals surface area contributed by atoms with Crippen LogP contribution >= 0.6 is 0 Å². The minimum atomic E-state index is 0.158. The normalized spacial score (nSPS) is 15.4. The molecule has 5 heteroatoms. The van der Waals surface area contributed by atoms with Gasteiger partial charge >= 0.3 is 0 Å². The van der Waals surface area contributed by atoms with E-state index in [0.29, 0.717) is 5.95 Å². The Bertz CT molecular complexity index is 889. The molecular weight excluding hydrogens is 346 g/mol. The van der Waals surface area contributed by atoms with Crippen LogP contribution in [-0.4, -0.2) is 36.1 Å². The third-order valence-corrected chi connectivity index (χ3v) is 5.21. The second-order valence-corrected chi connectivity index (χ2v) is 7.28. The fraction of sp³-hybridized carbons (Fsp3) is 0.304. The Morgan fingerprint density at radius 1 is 0.821 bits per heavy atom. The van der Waals surface area contributed by atoms with E-state index in [1.54, 1.807) is 0 Å². The van der Waals surface area contributed by atoms with Gasteiger partial charge in [0.2, 0.25) is 5.95 Å². The lowest BCUT2D eigenvalue weighted by molar-refractivity contribution is 0.646. The maximum absolute atomic E-state index is 4.81. The Kier molecular flexibility index (Phi) is 5.42. The molecule has 4 rings (SSSR count). The van der Waals surface area contributed by atoms with E-state index < -0.39 is 0 Å². The van der Waals surface area contributed by atoms with Crippen molar-refractivity contribution >= 4 is 17.5 Å². The number of piperazine rings is 1. The summed E-state index contributed by atoms with van der Waals surface area (Å²) in [5.41, 5.74) is 3.50. The number of nitrogens with zero attached hydrogens (tertiary/aromatic N) is 4. The second-order valence-electron chi connectivity index (χ2n) is 7.28. The molecule has 1 N–H and O–H groups in total. The van der Waals surface area contributed by atoms with Crippen molar-refractivity contribution < 1.29 is 0 Å². The minimum Gasteiger partial charge on any atom is -0.368 e. The van der Waals surface area contributed by atoms with E-state index in [9.17, 15) is 0 Å². The molecule has 0 bridgehead atoms. The molecule has 1 unspecified atom stereocenters. The van der Waals surface area contributed by atoms with E-state index in [0.717, 1.165) is 37.7 Å². The first-order chi connectivity index (χ1) is 13.7. The van der Waals surface area contributed by atoms with Crippen LogP contribution in [-0.2, 0) is 0 Å². The smallest absolute Gasteiger partial charge is 0.225 e. The number of aryl methyl sites for hydroxylation is 1. The van der Waals surface area contributed by atoms with Gasteiger partial charge < -0.3 is 15.1 Å². The number of rotatable bonds is 5. The van der Waals surface area contributed by atoms with Crippen molar-refractivity contribution in [3.8, 4) is 0 Å². The number of anilines is 3. The first-order valence-corrected chi connectivity index (χ1v) is 9.91. The van der Waals surface area contributed by atoms with Gasteiger partial charge in [-0.3, -0.25) is 0 Å². The Balaban J connectivity index is 1.44. The number of benzene rings is 2. The van der Waals surface area contributed by atoms with Gasteiger partial charge in [-0.25, -0.2) is 4.98 Å². The number of para-hydroxylation sites is 1. The molecule has 0 aliphatic carbocycles. The first kappa shape index (κ1) is 18.3. The summed E-state index contributed by atoms with van der Waals surface area (Å²) in [7, 11) is 0. The first-order valence-electron chi connectivity index (χ1n) is 9.91. The maximum atomic E-state index is 4.81. The summed E-state index contributed by atoms with van der Waals surface area (Å²) in [6, 6.07) is 23.2.